The highest BCUT2D eigenvalue weighted by molar-refractivity contribution is 5.43. The highest BCUT2D eigenvalue weighted by atomic mass is 19.1. The normalized spacial score (nSPS) is 23.7. The van der Waals surface area contributed by atoms with Gasteiger partial charge in [0.05, 0.1) is 13.2 Å². The zero-order chi connectivity index (χ0) is 11.0. The van der Waals surface area contributed by atoms with Crippen LogP contribution in [0.5, 0.6) is 5.75 Å². The average Bonchev–Trinajstić information content (AvgIpc) is 2.46. The van der Waals surface area contributed by atoms with Crippen molar-refractivity contribution in [3.8, 4) is 5.75 Å². The van der Waals surface area contributed by atoms with Gasteiger partial charge in [0.25, 0.3) is 0 Å². The molecule has 1 aliphatic rings. The molecule has 0 saturated carbocycles. The van der Waals surface area contributed by atoms with E-state index in [2.05, 4.69) is 5.48 Å². The molecule has 2 rings (SSSR count). The predicted octanol–water partition coefficient (Wildman–Crippen LogP) is 2.11. The lowest BCUT2D eigenvalue weighted by atomic mass is 10.0. The van der Waals surface area contributed by atoms with Gasteiger partial charge in [-0.15, -0.1) is 0 Å². The molecule has 1 N–H and O–H groups in total. The molecule has 82 valence electrons. The van der Waals surface area contributed by atoms with Crippen LogP contribution in [0.2, 0.25) is 0 Å². The molecule has 0 saturated heterocycles. The minimum absolute atomic E-state index is 0.0377. The van der Waals surface area contributed by atoms with E-state index in [1.807, 2.05) is 6.92 Å². The molecule has 0 aliphatic carbocycles. The fourth-order valence-corrected chi connectivity index (χ4v) is 1.84. The van der Waals surface area contributed by atoms with Gasteiger partial charge in [0, 0.05) is 11.6 Å². The van der Waals surface area contributed by atoms with Crippen LogP contribution in [0.3, 0.4) is 0 Å². The number of benzene rings is 1. The summed E-state index contributed by atoms with van der Waals surface area (Å²) in [5.74, 6) is 0.360. The molecule has 15 heavy (non-hydrogen) atoms. The highest BCUT2D eigenvalue weighted by Crippen LogP contribution is 2.37. The first-order chi connectivity index (χ1) is 7.13. The van der Waals surface area contributed by atoms with Crippen LogP contribution in [0.25, 0.3) is 0 Å². The van der Waals surface area contributed by atoms with Crippen LogP contribution in [0.4, 0.5) is 4.39 Å². The SMILES string of the molecule is CONC1c2cc(C)c(F)cc2OC1C. The molecule has 1 aromatic carbocycles. The average molecular weight is 211 g/mol. The van der Waals surface area contributed by atoms with Crippen LogP contribution in [0, 0.1) is 12.7 Å². The quantitative estimate of drug-likeness (QED) is 0.760. The summed E-state index contributed by atoms with van der Waals surface area (Å²) >= 11 is 0. The lowest BCUT2D eigenvalue weighted by Gasteiger charge is -2.14. The Bertz CT molecular complexity index is 381. The molecule has 0 radical (unpaired) electrons. The molecule has 0 fully saturated rings. The van der Waals surface area contributed by atoms with Crippen LogP contribution in [-0.2, 0) is 4.84 Å². The second kappa shape index (κ2) is 3.79. The van der Waals surface area contributed by atoms with Gasteiger partial charge in [0.15, 0.2) is 0 Å². The summed E-state index contributed by atoms with van der Waals surface area (Å²) in [7, 11) is 1.56. The molecule has 1 heterocycles. The molecule has 4 heteroatoms. The minimum atomic E-state index is -0.237. The maximum atomic E-state index is 13.3. The van der Waals surface area contributed by atoms with Crippen molar-refractivity contribution in [3.63, 3.8) is 0 Å². The molecule has 0 bridgehead atoms. The fourth-order valence-electron chi connectivity index (χ4n) is 1.84. The van der Waals surface area contributed by atoms with Gasteiger partial charge < -0.3 is 9.57 Å². The predicted molar refractivity (Wildman–Crippen MR) is 54.1 cm³/mol. The number of hydroxylamine groups is 1. The molecule has 2 unspecified atom stereocenters. The first kappa shape index (κ1) is 10.4. The van der Waals surface area contributed by atoms with Crippen molar-refractivity contribution in [3.05, 3.63) is 29.1 Å². The topological polar surface area (TPSA) is 30.5 Å². The Morgan fingerprint density at radius 1 is 1.47 bits per heavy atom. The maximum Gasteiger partial charge on any atom is 0.129 e. The standard InChI is InChI=1S/C11H14FNO2/c1-6-4-8-10(5-9(6)12)15-7(2)11(8)13-14-3/h4-5,7,11,13H,1-3H3. The summed E-state index contributed by atoms with van der Waals surface area (Å²) in [6.07, 6.45) is -0.0545. The Hall–Kier alpha value is -1.13. The number of rotatable bonds is 2. The van der Waals surface area contributed by atoms with Gasteiger partial charge in [-0.25, -0.2) is 4.39 Å². The second-order valence-electron chi connectivity index (χ2n) is 3.76. The number of fused-ring (bicyclic) bond motifs is 1. The molecule has 1 aromatic rings. The first-order valence-electron chi connectivity index (χ1n) is 4.88. The lowest BCUT2D eigenvalue weighted by molar-refractivity contribution is 0.0339. The van der Waals surface area contributed by atoms with Crippen molar-refractivity contribution in [2.75, 3.05) is 7.11 Å². The molecule has 0 amide bonds. The number of hydrogen-bond acceptors (Lipinski definition) is 3. The van der Waals surface area contributed by atoms with Crippen LogP contribution in [0.15, 0.2) is 12.1 Å². The van der Waals surface area contributed by atoms with E-state index in [0.717, 1.165) is 5.56 Å². The minimum Gasteiger partial charge on any atom is -0.488 e. The van der Waals surface area contributed by atoms with Crippen molar-refractivity contribution in [2.45, 2.75) is 26.0 Å². The van der Waals surface area contributed by atoms with Gasteiger partial charge in [-0.2, -0.15) is 5.48 Å². The molecule has 2 atom stereocenters. The molecular formula is C11H14FNO2. The molecule has 1 aliphatic heterocycles. The van der Waals surface area contributed by atoms with Crippen molar-refractivity contribution >= 4 is 0 Å². The lowest BCUT2D eigenvalue weighted by Crippen LogP contribution is -2.27. The van der Waals surface area contributed by atoms with Crippen LogP contribution in [0.1, 0.15) is 24.1 Å². The van der Waals surface area contributed by atoms with Gasteiger partial charge in [-0.05, 0) is 25.5 Å². The van der Waals surface area contributed by atoms with Crippen LogP contribution >= 0.6 is 0 Å². The Morgan fingerprint density at radius 2 is 2.20 bits per heavy atom. The molecule has 0 spiro atoms. The number of nitrogens with one attached hydrogen (secondary N) is 1. The van der Waals surface area contributed by atoms with Gasteiger partial charge in [0.1, 0.15) is 17.7 Å². The molecular weight excluding hydrogens is 197 g/mol. The van der Waals surface area contributed by atoms with Gasteiger partial charge >= 0.3 is 0 Å². The van der Waals surface area contributed by atoms with Crippen molar-refractivity contribution < 1.29 is 14.0 Å². The summed E-state index contributed by atoms with van der Waals surface area (Å²) in [6.45, 7) is 3.66. The van der Waals surface area contributed by atoms with E-state index in [1.54, 1.807) is 20.1 Å². The third-order valence-corrected chi connectivity index (χ3v) is 2.65. The summed E-state index contributed by atoms with van der Waals surface area (Å²) < 4.78 is 18.8. The zero-order valence-electron chi connectivity index (χ0n) is 9.00. The molecule has 0 aromatic heterocycles. The van der Waals surface area contributed by atoms with E-state index in [0.29, 0.717) is 11.3 Å². The molecule has 3 nitrogen and oxygen atoms in total. The van der Waals surface area contributed by atoms with E-state index in [4.69, 9.17) is 9.57 Å². The van der Waals surface area contributed by atoms with Gasteiger partial charge in [0.2, 0.25) is 0 Å². The van der Waals surface area contributed by atoms with Crippen molar-refractivity contribution in [1.29, 1.82) is 0 Å². The van der Waals surface area contributed by atoms with E-state index in [9.17, 15) is 4.39 Å². The fraction of sp³-hybridized carbons (Fsp3) is 0.455. The Kier molecular flexibility index (Phi) is 2.63. The van der Waals surface area contributed by atoms with E-state index >= 15 is 0 Å². The van der Waals surface area contributed by atoms with E-state index in [-0.39, 0.29) is 18.0 Å². The van der Waals surface area contributed by atoms with E-state index in [1.165, 1.54) is 6.07 Å². The summed E-state index contributed by atoms with van der Waals surface area (Å²) in [4.78, 5) is 4.90. The largest absolute Gasteiger partial charge is 0.488 e. The van der Waals surface area contributed by atoms with Gasteiger partial charge in [-0.1, -0.05) is 0 Å². The highest BCUT2D eigenvalue weighted by Gasteiger charge is 2.32. The summed E-state index contributed by atoms with van der Waals surface area (Å²) in [6, 6.07) is 3.19. The Labute approximate surface area is 88.1 Å². The maximum absolute atomic E-state index is 13.3. The summed E-state index contributed by atoms with van der Waals surface area (Å²) in [5, 5.41) is 0. The first-order valence-corrected chi connectivity index (χ1v) is 4.88. The summed E-state index contributed by atoms with van der Waals surface area (Å²) in [5.41, 5.74) is 4.42. The van der Waals surface area contributed by atoms with Crippen LogP contribution in [-0.4, -0.2) is 13.2 Å². The third kappa shape index (κ3) is 1.70. The smallest absolute Gasteiger partial charge is 0.129 e. The Morgan fingerprint density at radius 3 is 2.87 bits per heavy atom. The number of aryl methyl sites for hydroxylation is 1. The number of ether oxygens (including phenoxy) is 1. The monoisotopic (exact) mass is 211 g/mol. The number of halogens is 1. The Balaban J connectivity index is 2.40. The van der Waals surface area contributed by atoms with E-state index < -0.39 is 0 Å². The van der Waals surface area contributed by atoms with Gasteiger partial charge in [-0.3, -0.25) is 0 Å². The van der Waals surface area contributed by atoms with Crippen LogP contribution < -0.4 is 10.2 Å². The number of hydrogen-bond donors (Lipinski definition) is 1. The third-order valence-electron chi connectivity index (χ3n) is 2.65. The zero-order valence-corrected chi connectivity index (χ0v) is 9.00. The van der Waals surface area contributed by atoms with Crippen molar-refractivity contribution in [1.82, 2.24) is 5.48 Å². The second-order valence-corrected chi connectivity index (χ2v) is 3.76. The van der Waals surface area contributed by atoms with Crippen molar-refractivity contribution in [2.24, 2.45) is 0 Å².